The number of rotatable bonds is 10. The van der Waals surface area contributed by atoms with Crippen molar-refractivity contribution in [3.63, 3.8) is 0 Å². The Bertz CT molecular complexity index is 2380. The number of piperidine rings is 3. The van der Waals surface area contributed by atoms with Gasteiger partial charge in [-0.2, -0.15) is 0 Å². The van der Waals surface area contributed by atoms with Crippen LogP contribution in [0.15, 0.2) is 84.9 Å². The second-order valence-electron chi connectivity index (χ2n) is 18.8. The van der Waals surface area contributed by atoms with Gasteiger partial charge in [0.15, 0.2) is 5.05 Å². The monoisotopic (exact) mass is 911 g/mol. The summed E-state index contributed by atoms with van der Waals surface area (Å²) in [6.07, 6.45) is 18.5. The first-order valence-corrected chi connectivity index (χ1v) is 24.9. The van der Waals surface area contributed by atoms with Gasteiger partial charge in [0, 0.05) is 40.7 Å². The van der Waals surface area contributed by atoms with Gasteiger partial charge in [-0.1, -0.05) is 74.4 Å². The quantitative estimate of drug-likeness (QED) is 0.0912. The van der Waals surface area contributed by atoms with Gasteiger partial charge in [-0.15, -0.1) is 6.42 Å². The number of unbranched alkanes of at least 4 members (excludes halogenated alkanes) is 1. The van der Waals surface area contributed by atoms with Crippen LogP contribution in [-0.2, 0) is 4.79 Å². The number of nitrogens with zero attached hydrogens (tertiary/aromatic N) is 2. The molecule has 0 aromatic heterocycles. The minimum absolute atomic E-state index is 0.178. The molecule has 6 unspecified atom stereocenters. The van der Waals surface area contributed by atoms with Gasteiger partial charge < -0.3 is 34.4 Å². The molecule has 0 bridgehead atoms. The highest BCUT2D eigenvalue weighted by Gasteiger charge is 2.42. The molecule has 65 heavy (non-hydrogen) atoms. The number of anilines is 1. The molecule has 342 valence electrons. The predicted octanol–water partition coefficient (Wildman–Crippen LogP) is 12.2. The van der Waals surface area contributed by atoms with Crippen LogP contribution in [0.2, 0.25) is 0 Å². The van der Waals surface area contributed by atoms with Crippen molar-refractivity contribution < 1.29 is 24.1 Å². The lowest BCUT2D eigenvalue weighted by molar-refractivity contribution is -0.130. The maximum Gasteiger partial charge on any atom is 0.381 e. The number of carboxylic acids is 1. The second-order valence-corrected chi connectivity index (χ2v) is 19.7. The van der Waals surface area contributed by atoms with E-state index in [0.29, 0.717) is 17.8 Å². The summed E-state index contributed by atoms with van der Waals surface area (Å²) < 4.78 is 18.1. The van der Waals surface area contributed by atoms with Crippen LogP contribution in [0.3, 0.4) is 0 Å². The molecule has 4 aromatic carbocycles. The van der Waals surface area contributed by atoms with Crippen LogP contribution in [0.25, 0.3) is 22.3 Å². The zero-order chi connectivity index (χ0) is 45.5. The highest BCUT2D eigenvalue weighted by atomic mass is 32.1. The number of terminal acetylenes is 1. The Morgan fingerprint density at radius 3 is 2.23 bits per heavy atom. The Labute approximate surface area is 397 Å². The first kappa shape index (κ1) is 46.7. The number of benzene rings is 4. The third kappa shape index (κ3) is 11.1. The van der Waals surface area contributed by atoms with Crippen molar-refractivity contribution in [3.05, 3.63) is 96.1 Å². The van der Waals surface area contributed by atoms with E-state index in [0.717, 1.165) is 64.4 Å². The molecule has 0 spiro atoms. The predicted molar refractivity (Wildman–Crippen MR) is 271 cm³/mol. The van der Waals surface area contributed by atoms with Crippen LogP contribution in [0.5, 0.6) is 17.2 Å². The number of thiocarbonyl (C=S) groups is 2. The number of ether oxygens (including phenoxy) is 3. The molecule has 6 aliphatic rings. The molecule has 0 radical (unpaired) electrons. The van der Waals surface area contributed by atoms with Crippen molar-refractivity contribution in [1.29, 1.82) is 0 Å². The van der Waals surface area contributed by atoms with Crippen LogP contribution in [0.1, 0.15) is 114 Å². The van der Waals surface area contributed by atoms with Gasteiger partial charge in [-0.25, -0.2) is 4.79 Å². The summed E-state index contributed by atoms with van der Waals surface area (Å²) in [6, 6.07) is 31.7. The van der Waals surface area contributed by atoms with Crippen LogP contribution in [0.4, 0.5) is 5.69 Å². The van der Waals surface area contributed by atoms with Crippen molar-refractivity contribution in [1.82, 2.24) is 9.80 Å². The van der Waals surface area contributed by atoms with Crippen molar-refractivity contribution in [2.45, 2.75) is 121 Å². The molecule has 4 aromatic rings. The molecule has 10 heteroatoms. The summed E-state index contributed by atoms with van der Waals surface area (Å²) in [5.74, 6) is 4.90. The highest BCUT2D eigenvalue weighted by molar-refractivity contribution is 7.80. The maximum atomic E-state index is 9.13. The number of carboxylic acid groups (broad SMARTS) is 1. The fourth-order valence-corrected chi connectivity index (χ4v) is 12.0. The van der Waals surface area contributed by atoms with Gasteiger partial charge in [-0.3, -0.25) is 0 Å². The third-order valence-electron chi connectivity index (χ3n) is 14.3. The second kappa shape index (κ2) is 21.7. The zero-order valence-electron chi connectivity index (χ0n) is 38.3. The van der Waals surface area contributed by atoms with Crippen LogP contribution >= 0.6 is 24.4 Å². The van der Waals surface area contributed by atoms with Gasteiger partial charge in [-0.05, 0) is 187 Å². The number of para-hydroxylation sites is 1. The largest absolute Gasteiger partial charge is 0.493 e. The molecular formula is C55H65N3O5S2. The summed E-state index contributed by atoms with van der Waals surface area (Å²) in [6.45, 7) is 12.1. The van der Waals surface area contributed by atoms with E-state index < -0.39 is 5.97 Å². The number of fused-ring (bicyclic) bond motifs is 4. The molecule has 6 atom stereocenters. The SMILES string of the molecule is C#CC(=O)O.CC(C)Oc1cccc(-c2ccc3c(c2)C(C2CCN4CCCC4C2)C(=S)N3)c1.CCCCOc1ccccc1-c1ccc2c(c1)C(C1CCN3CCCCC3C1)C(=S)O2. The molecular weight excluding hydrogens is 847 g/mol. The Morgan fingerprint density at radius 2 is 1.49 bits per heavy atom. The minimum atomic E-state index is -1.22. The number of hydrogen-bond donors (Lipinski definition) is 2. The van der Waals surface area contributed by atoms with E-state index in [9.17, 15) is 0 Å². The Morgan fingerprint density at radius 1 is 0.815 bits per heavy atom. The van der Waals surface area contributed by atoms with Crippen molar-refractivity contribution in [2.75, 3.05) is 38.1 Å². The minimum Gasteiger partial charge on any atom is -0.493 e. The molecule has 4 fully saturated rings. The fraction of sp³-hybridized carbons (Fsp3) is 0.473. The van der Waals surface area contributed by atoms with Crippen LogP contribution in [-0.4, -0.2) is 81.9 Å². The number of carbonyl (C=O) groups is 1. The topological polar surface area (TPSA) is 83.5 Å². The van der Waals surface area contributed by atoms with E-state index in [4.69, 9.17) is 48.5 Å². The van der Waals surface area contributed by atoms with E-state index in [1.54, 1.807) is 0 Å². The van der Waals surface area contributed by atoms with E-state index >= 15 is 0 Å². The van der Waals surface area contributed by atoms with Crippen molar-refractivity contribution in [3.8, 4) is 51.8 Å². The third-order valence-corrected chi connectivity index (χ3v) is 15.0. The Kier molecular flexibility index (Phi) is 15.6. The highest BCUT2D eigenvalue weighted by Crippen LogP contribution is 2.48. The molecule has 6 heterocycles. The smallest absolute Gasteiger partial charge is 0.381 e. The number of nitrogens with one attached hydrogen (secondary N) is 1. The van der Waals surface area contributed by atoms with Gasteiger partial charge in [0.1, 0.15) is 17.2 Å². The van der Waals surface area contributed by atoms with Crippen LogP contribution < -0.4 is 19.5 Å². The summed E-state index contributed by atoms with van der Waals surface area (Å²) in [4.78, 5) is 15.6. The van der Waals surface area contributed by atoms with Gasteiger partial charge >= 0.3 is 5.97 Å². The van der Waals surface area contributed by atoms with Crippen molar-refractivity contribution >= 4 is 46.1 Å². The average Bonchev–Trinajstić information content (AvgIpc) is 4.02. The molecule has 8 nitrogen and oxygen atoms in total. The first-order valence-electron chi connectivity index (χ1n) is 24.1. The molecule has 0 aliphatic carbocycles. The normalized spacial score (nSPS) is 24.4. The van der Waals surface area contributed by atoms with E-state index in [1.807, 2.05) is 6.07 Å². The lowest BCUT2D eigenvalue weighted by atomic mass is 9.76. The lowest BCUT2D eigenvalue weighted by Gasteiger charge is -2.43. The van der Waals surface area contributed by atoms with Gasteiger partial charge in [0.05, 0.1) is 23.6 Å². The van der Waals surface area contributed by atoms with Gasteiger partial charge in [0.2, 0.25) is 0 Å². The molecule has 10 rings (SSSR count). The van der Waals surface area contributed by atoms with E-state index in [2.05, 4.69) is 121 Å². The summed E-state index contributed by atoms with van der Waals surface area (Å²) in [5, 5.41) is 11.8. The molecule has 0 saturated carbocycles. The zero-order valence-corrected chi connectivity index (χ0v) is 39.9. The van der Waals surface area contributed by atoms with Gasteiger partial charge in [0.25, 0.3) is 0 Å². The Balaban J connectivity index is 0.000000161. The maximum absolute atomic E-state index is 9.13. The van der Waals surface area contributed by atoms with E-state index in [-0.39, 0.29) is 12.0 Å². The van der Waals surface area contributed by atoms with Crippen molar-refractivity contribution in [2.24, 2.45) is 11.8 Å². The number of aliphatic carboxylic acids is 1. The molecule has 2 N–H and O–H groups in total. The molecule has 4 saturated heterocycles. The Hall–Kier alpha value is -4.79. The summed E-state index contributed by atoms with van der Waals surface area (Å²) >= 11 is 11.6. The van der Waals surface area contributed by atoms with E-state index in [1.165, 1.54) is 123 Å². The molecule has 6 aliphatic heterocycles. The summed E-state index contributed by atoms with van der Waals surface area (Å²) in [7, 11) is 0. The summed E-state index contributed by atoms with van der Waals surface area (Å²) in [5.41, 5.74) is 8.66. The van der Waals surface area contributed by atoms with Crippen LogP contribution in [0, 0.1) is 24.2 Å². The lowest BCUT2D eigenvalue weighted by Crippen LogP contribution is -2.46. The first-order chi connectivity index (χ1) is 31.6. The standard InChI is InChI=1S/C27H33NO2S.C25H30N2OS.C3H2O2/c1-2-3-16-29-24-10-5-4-9-22(24)19-11-12-25-23(18-19)26(27(31)30-25)20-13-15-28-14-7-6-8-21(28)17-20;1-16(2)28-21-7-3-5-17(14-21)18-8-9-23-22(15-18)24(25(29)26-23)19-10-12-27-11-4-6-20(27)13-19;1-2-3(4)5/h4-5,9-12,18,20-21,26H,2-3,6-8,13-17H2,1H3;3,5,7-9,14-16,19-20,24H,4,6,10-13H2,1-2H3,(H,26,29);1H,(H,4,5). The fourth-order valence-electron chi connectivity index (χ4n) is 11.2. The number of hydrogen-bond acceptors (Lipinski definition) is 8. The molecule has 0 amide bonds. The average molecular weight is 912 g/mol.